The molecule has 4 unspecified atom stereocenters. The maximum absolute atomic E-state index is 13.1. The number of piperidine rings is 2. The number of carbonyl (C=O) groups is 2. The Kier molecular flexibility index (Phi) is 11.9. The molecule has 2 amide bonds. The van der Waals surface area contributed by atoms with Crippen molar-refractivity contribution < 1.29 is 19.1 Å². The second-order valence-electron chi connectivity index (χ2n) is 22.2. The molecule has 2 saturated heterocycles. The number of alkyl carbamates (subject to hydrolysis) is 2. The van der Waals surface area contributed by atoms with Gasteiger partial charge in [-0.1, -0.05) is 41.5 Å². The Labute approximate surface area is 310 Å². The Bertz CT molecular complexity index is 1200. The molecule has 292 valence electrons. The van der Waals surface area contributed by atoms with Crippen LogP contribution < -0.4 is 21.3 Å². The predicted octanol–water partition coefficient (Wildman–Crippen LogP) is 8.40. The van der Waals surface area contributed by atoms with Crippen molar-refractivity contribution in [3.05, 3.63) is 0 Å². The standard InChI is InChI=1S/C41H74N6O4/c1-34(2)15-28(44-32(48)50-30-19-36(5,6)46-37(7,8)20-30)17-40(13,23-34)25-42-27-43-26-41(14)18-29(16-35(3,4)24-41)45-33(49)51-31-21-38(9,10)47-39(11,12)22-31/h28-31,46-47H,15-26H2,1-14H3,(H,44,48)(H,45,49). The molecule has 2 aliphatic heterocycles. The summed E-state index contributed by atoms with van der Waals surface area (Å²) in [7, 11) is 0. The summed E-state index contributed by atoms with van der Waals surface area (Å²) in [4.78, 5) is 35.7. The number of rotatable bonds is 8. The van der Waals surface area contributed by atoms with Crippen LogP contribution in [0, 0.1) is 21.7 Å². The van der Waals surface area contributed by atoms with Gasteiger partial charge in [-0.15, -0.1) is 0 Å². The Morgan fingerprint density at radius 3 is 1.18 bits per heavy atom. The molecule has 4 N–H and O–H groups in total. The zero-order valence-electron chi connectivity index (χ0n) is 34.8. The van der Waals surface area contributed by atoms with Crippen LogP contribution in [-0.2, 0) is 9.47 Å². The van der Waals surface area contributed by atoms with E-state index >= 15 is 0 Å². The zero-order chi connectivity index (χ0) is 38.3. The molecule has 4 fully saturated rings. The summed E-state index contributed by atoms with van der Waals surface area (Å²) in [5, 5.41) is 13.8. The van der Waals surface area contributed by atoms with Crippen LogP contribution in [0.5, 0.6) is 0 Å². The molecule has 4 atom stereocenters. The highest BCUT2D eigenvalue weighted by Gasteiger charge is 2.45. The summed E-state index contributed by atoms with van der Waals surface area (Å²) < 4.78 is 12.0. The van der Waals surface area contributed by atoms with E-state index in [1.54, 1.807) is 0 Å². The molecular weight excluding hydrogens is 640 g/mol. The van der Waals surface area contributed by atoms with Crippen LogP contribution in [0.2, 0.25) is 0 Å². The fraction of sp³-hybridized carbons (Fsp3) is 0.927. The highest BCUT2D eigenvalue weighted by Crippen LogP contribution is 2.47. The van der Waals surface area contributed by atoms with E-state index in [9.17, 15) is 9.59 Å². The summed E-state index contributed by atoms with van der Waals surface area (Å²) in [5.41, 5.74) is -0.415. The maximum atomic E-state index is 13.1. The first-order valence-electron chi connectivity index (χ1n) is 19.7. The van der Waals surface area contributed by atoms with Gasteiger partial charge in [0.1, 0.15) is 12.2 Å². The van der Waals surface area contributed by atoms with Crippen LogP contribution in [0.25, 0.3) is 0 Å². The van der Waals surface area contributed by atoms with E-state index in [1.807, 2.05) is 0 Å². The second kappa shape index (κ2) is 14.6. The van der Waals surface area contributed by atoms with Gasteiger partial charge in [0, 0.05) is 59.9 Å². The molecule has 10 heteroatoms. The van der Waals surface area contributed by atoms with Crippen LogP contribution in [0.1, 0.15) is 161 Å². The van der Waals surface area contributed by atoms with Crippen molar-refractivity contribution in [1.29, 1.82) is 0 Å². The Hall–Kier alpha value is -2.16. The van der Waals surface area contributed by atoms with E-state index in [1.165, 1.54) is 0 Å². The molecule has 10 nitrogen and oxygen atoms in total. The number of amides is 2. The molecule has 2 aliphatic carbocycles. The Morgan fingerprint density at radius 1 is 0.549 bits per heavy atom. The van der Waals surface area contributed by atoms with Crippen LogP contribution in [0.4, 0.5) is 9.59 Å². The molecule has 51 heavy (non-hydrogen) atoms. The van der Waals surface area contributed by atoms with Gasteiger partial charge in [0.05, 0.1) is 19.1 Å². The zero-order valence-corrected chi connectivity index (χ0v) is 34.8. The molecule has 2 saturated carbocycles. The summed E-state index contributed by atoms with van der Waals surface area (Å²) in [6.45, 7) is 32.2. The van der Waals surface area contributed by atoms with Gasteiger partial charge in [-0.3, -0.25) is 0 Å². The number of hydrogen-bond acceptors (Lipinski definition) is 8. The van der Waals surface area contributed by atoms with Crippen LogP contribution in [0.15, 0.2) is 9.98 Å². The second-order valence-corrected chi connectivity index (χ2v) is 22.2. The first-order valence-corrected chi connectivity index (χ1v) is 19.7. The number of ether oxygens (including phenoxy) is 2. The van der Waals surface area contributed by atoms with Crippen molar-refractivity contribution in [3.63, 3.8) is 0 Å². The number of carbonyl (C=O) groups excluding carboxylic acids is 2. The van der Waals surface area contributed by atoms with Crippen LogP contribution in [0.3, 0.4) is 0 Å². The first-order chi connectivity index (χ1) is 23.1. The fourth-order valence-electron chi connectivity index (χ4n) is 11.5. The fourth-order valence-corrected chi connectivity index (χ4v) is 11.5. The monoisotopic (exact) mass is 715 g/mol. The van der Waals surface area contributed by atoms with Gasteiger partial charge in [0.2, 0.25) is 0 Å². The normalized spacial score (nSPS) is 33.9. The SMILES string of the molecule is CC1(C)CC(NC(=O)OC2CC(C)(C)NC(C)(C)C2)CC(C)(CN=C=NCC2(C)CC(NC(=O)OC3CC(C)(C)NC(C)(C)C3)CC(C)(C)C2)C1. The van der Waals surface area contributed by atoms with E-state index in [0.717, 1.165) is 64.2 Å². The van der Waals surface area contributed by atoms with Gasteiger partial charge in [0.25, 0.3) is 0 Å². The molecule has 4 aliphatic rings. The van der Waals surface area contributed by atoms with Gasteiger partial charge in [-0.25, -0.2) is 19.6 Å². The lowest BCUT2D eigenvalue weighted by Gasteiger charge is -2.47. The largest absolute Gasteiger partial charge is 0.446 e. The molecular formula is C41H74N6O4. The minimum Gasteiger partial charge on any atom is -0.446 e. The highest BCUT2D eigenvalue weighted by molar-refractivity contribution is 5.68. The number of aliphatic imine (C=N–C) groups is 2. The lowest BCUT2D eigenvalue weighted by molar-refractivity contribution is 0.0117. The Balaban J connectivity index is 1.31. The molecule has 0 aromatic rings. The van der Waals surface area contributed by atoms with Gasteiger partial charge >= 0.3 is 12.2 Å². The molecule has 0 bridgehead atoms. The predicted molar refractivity (Wildman–Crippen MR) is 207 cm³/mol. The highest BCUT2D eigenvalue weighted by atomic mass is 16.6. The molecule has 0 aromatic carbocycles. The molecule has 0 aromatic heterocycles. The minimum absolute atomic E-state index is 0.0217. The van der Waals surface area contributed by atoms with E-state index in [-0.39, 0.29) is 80.3 Å². The van der Waals surface area contributed by atoms with E-state index < -0.39 is 0 Å². The van der Waals surface area contributed by atoms with Gasteiger partial charge in [-0.2, -0.15) is 0 Å². The summed E-state index contributed by atoms with van der Waals surface area (Å²) in [6, 6.07) is 3.09. The van der Waals surface area contributed by atoms with Crippen molar-refractivity contribution in [2.24, 2.45) is 31.6 Å². The van der Waals surface area contributed by atoms with E-state index in [2.05, 4.69) is 124 Å². The van der Waals surface area contributed by atoms with Gasteiger partial charge in [-0.05, 0) is 116 Å². The molecule has 0 radical (unpaired) electrons. The third kappa shape index (κ3) is 13.0. The molecule has 2 heterocycles. The maximum Gasteiger partial charge on any atom is 0.407 e. The van der Waals surface area contributed by atoms with E-state index in [4.69, 9.17) is 19.5 Å². The smallest absolute Gasteiger partial charge is 0.407 e. The average Bonchev–Trinajstić information content (AvgIpc) is 2.81. The summed E-state index contributed by atoms with van der Waals surface area (Å²) >= 11 is 0. The van der Waals surface area contributed by atoms with Gasteiger partial charge < -0.3 is 30.7 Å². The number of hydrogen-bond donors (Lipinski definition) is 4. The lowest BCUT2D eigenvalue weighted by Crippen LogP contribution is -2.60. The van der Waals surface area contributed by atoms with Crippen LogP contribution >= 0.6 is 0 Å². The van der Waals surface area contributed by atoms with Gasteiger partial charge in [0.15, 0.2) is 0 Å². The molecule has 0 spiro atoms. The average molecular weight is 715 g/mol. The van der Waals surface area contributed by atoms with Crippen molar-refractivity contribution in [3.8, 4) is 0 Å². The minimum atomic E-state index is -0.312. The summed E-state index contributed by atoms with van der Waals surface area (Å²) in [5.74, 6) is 0. The third-order valence-electron chi connectivity index (χ3n) is 11.4. The van der Waals surface area contributed by atoms with Crippen molar-refractivity contribution >= 4 is 18.2 Å². The van der Waals surface area contributed by atoms with Crippen molar-refractivity contribution in [2.75, 3.05) is 13.1 Å². The number of nitrogens with zero attached hydrogens (tertiary/aromatic N) is 2. The first kappa shape index (κ1) is 41.6. The molecule has 4 rings (SSSR count). The van der Waals surface area contributed by atoms with Crippen molar-refractivity contribution in [1.82, 2.24) is 21.3 Å². The lowest BCUT2D eigenvalue weighted by atomic mass is 9.62. The van der Waals surface area contributed by atoms with E-state index in [0.29, 0.717) is 13.1 Å². The van der Waals surface area contributed by atoms with Crippen LogP contribution in [-0.4, -0.2) is 77.7 Å². The third-order valence-corrected chi connectivity index (χ3v) is 11.4. The Morgan fingerprint density at radius 2 is 0.863 bits per heavy atom. The number of nitrogens with one attached hydrogen (secondary N) is 4. The van der Waals surface area contributed by atoms with Crippen molar-refractivity contribution in [2.45, 2.75) is 208 Å². The topological polar surface area (TPSA) is 125 Å². The summed E-state index contributed by atoms with van der Waals surface area (Å²) in [6.07, 6.45) is 7.82. The quantitative estimate of drug-likeness (QED) is 0.187.